The molecule has 0 N–H and O–H groups in total. The summed E-state index contributed by atoms with van der Waals surface area (Å²) < 4.78 is 0. The van der Waals surface area contributed by atoms with Gasteiger partial charge in [-0.25, -0.2) is 12.1 Å². The fourth-order valence-corrected chi connectivity index (χ4v) is 5.89. The molecule has 7 rings (SSSR count). The number of fused-ring (bicyclic) bond motifs is 4. The second-order valence-electron chi connectivity index (χ2n) is 9.09. The van der Waals surface area contributed by atoms with Gasteiger partial charge >= 0.3 is 94.7 Å². The third kappa shape index (κ3) is 11.6. The van der Waals surface area contributed by atoms with Gasteiger partial charge in [-0.3, -0.25) is 0 Å². The van der Waals surface area contributed by atoms with Crippen molar-refractivity contribution in [2.75, 3.05) is 0 Å². The van der Waals surface area contributed by atoms with E-state index in [1.807, 2.05) is 36.4 Å². The summed E-state index contributed by atoms with van der Waals surface area (Å²) in [4.78, 5) is 0. The molecule has 0 saturated heterocycles. The van der Waals surface area contributed by atoms with E-state index in [1.54, 1.807) is 23.3 Å². The first-order chi connectivity index (χ1) is 18.2. The van der Waals surface area contributed by atoms with E-state index in [0.717, 1.165) is 6.42 Å². The van der Waals surface area contributed by atoms with Crippen molar-refractivity contribution in [3.63, 3.8) is 0 Å². The molecule has 0 atom stereocenters. The molecule has 6 aromatic carbocycles. The molecule has 1 aliphatic carbocycles. The van der Waals surface area contributed by atoms with E-state index in [-0.39, 0.29) is 47.3 Å². The Labute approximate surface area is 278 Å². The second kappa shape index (κ2) is 20.1. The van der Waals surface area contributed by atoms with Gasteiger partial charge in [0.05, 0.1) is 0 Å². The van der Waals surface area contributed by atoms with Crippen molar-refractivity contribution in [1.29, 1.82) is 0 Å². The van der Waals surface area contributed by atoms with Crippen molar-refractivity contribution >= 4 is 16.2 Å². The van der Waals surface area contributed by atoms with Crippen molar-refractivity contribution in [2.24, 2.45) is 0 Å². The SMILES string of the molecule is C[Si](=[Zr+2])CCc1ccc[cH-]1.[Cl-].[Cl-].[Fe+2].[c-]1cccc2c1Cc1ccccc1-2.c1cc[cH-]c1.c1ccc2[cH-]ccc2c1. The van der Waals surface area contributed by atoms with Gasteiger partial charge in [-0.05, 0) is 6.42 Å². The largest absolute Gasteiger partial charge is 2.00 e. The van der Waals surface area contributed by atoms with Crippen LogP contribution in [0.25, 0.3) is 21.9 Å². The summed E-state index contributed by atoms with van der Waals surface area (Å²) >= 11 is 1.77. The van der Waals surface area contributed by atoms with Gasteiger partial charge in [-0.1, -0.05) is 41.5 Å². The topological polar surface area (TPSA) is 0 Å². The Morgan fingerprint density at radius 3 is 2.15 bits per heavy atom. The van der Waals surface area contributed by atoms with Gasteiger partial charge < -0.3 is 24.8 Å². The van der Waals surface area contributed by atoms with Crippen molar-refractivity contribution < 1.29 is 65.2 Å². The zero-order chi connectivity index (χ0) is 25.7. The minimum atomic E-state index is 0. The van der Waals surface area contributed by atoms with Gasteiger partial charge in [0.2, 0.25) is 0 Å². The van der Waals surface area contributed by atoms with Gasteiger partial charge in [-0.15, -0.1) is 35.2 Å². The fourth-order valence-electron chi connectivity index (χ4n) is 4.30. The number of hydrogen-bond acceptors (Lipinski definition) is 0. The molecule has 0 fully saturated rings. The Morgan fingerprint density at radius 1 is 0.750 bits per heavy atom. The van der Waals surface area contributed by atoms with Crippen LogP contribution < -0.4 is 24.8 Å². The van der Waals surface area contributed by atoms with Crippen LogP contribution in [0.3, 0.4) is 0 Å². The molecule has 0 unspecified atom stereocenters. The van der Waals surface area contributed by atoms with E-state index >= 15 is 0 Å². The normalized spacial score (nSPS) is 9.78. The first-order valence-corrected chi connectivity index (χ1v) is 18.7. The summed E-state index contributed by atoms with van der Waals surface area (Å²) in [5.74, 6) is 0. The number of benzene rings is 3. The number of aryl methyl sites for hydroxylation is 1. The third-order valence-electron chi connectivity index (χ3n) is 6.24. The third-order valence-corrected chi connectivity index (χ3v) is 9.08. The molecule has 1 aliphatic rings. The zero-order valence-corrected chi connectivity index (χ0v) is 28.6. The van der Waals surface area contributed by atoms with Crippen LogP contribution in [-0.2, 0) is 53.2 Å². The average molecular weight is 699 g/mol. The van der Waals surface area contributed by atoms with Gasteiger partial charge in [0, 0.05) is 0 Å². The van der Waals surface area contributed by atoms with Crippen LogP contribution in [0.2, 0.25) is 12.6 Å². The summed E-state index contributed by atoms with van der Waals surface area (Å²) in [6.45, 7) is 2.41. The molecule has 0 saturated carbocycles. The molecule has 40 heavy (non-hydrogen) atoms. The first kappa shape index (κ1) is 36.2. The minimum absolute atomic E-state index is 0. The number of rotatable bonds is 3. The Morgan fingerprint density at radius 2 is 1.48 bits per heavy atom. The molecule has 6 aromatic rings. The molecule has 0 radical (unpaired) electrons. The molecule has 204 valence electrons. The summed E-state index contributed by atoms with van der Waals surface area (Å²) in [5, 5.41) is 2.66. The molecule has 0 spiro atoms. The van der Waals surface area contributed by atoms with E-state index in [4.69, 9.17) is 0 Å². The Hall–Kier alpha value is -1.83. The summed E-state index contributed by atoms with van der Waals surface area (Å²) in [5.41, 5.74) is 7.11. The van der Waals surface area contributed by atoms with Crippen LogP contribution in [-0.4, -0.2) is 5.43 Å². The van der Waals surface area contributed by atoms with Gasteiger partial charge in [0.15, 0.2) is 0 Å². The van der Waals surface area contributed by atoms with E-state index in [9.17, 15) is 0 Å². The first-order valence-electron chi connectivity index (χ1n) is 12.8. The van der Waals surface area contributed by atoms with Crippen LogP contribution in [0.4, 0.5) is 0 Å². The molecule has 0 bridgehead atoms. The predicted molar refractivity (Wildman–Crippen MR) is 157 cm³/mol. The van der Waals surface area contributed by atoms with Crippen molar-refractivity contribution in [3.05, 3.63) is 162 Å². The molecular weight excluding hydrogens is 666 g/mol. The Kier molecular flexibility index (Phi) is 18.2. The van der Waals surface area contributed by atoms with E-state index < -0.39 is 0 Å². The Bertz CT molecular complexity index is 1400. The van der Waals surface area contributed by atoms with Gasteiger partial charge in [-0.2, -0.15) is 65.5 Å². The molecule has 0 amide bonds. The average Bonchev–Trinajstić information content (AvgIpc) is 3.76. The minimum Gasteiger partial charge on any atom is -1.00 e. The van der Waals surface area contributed by atoms with Crippen molar-refractivity contribution in [3.8, 4) is 11.1 Å². The van der Waals surface area contributed by atoms with Crippen LogP contribution in [0, 0.1) is 6.07 Å². The van der Waals surface area contributed by atoms with Crippen LogP contribution in [0.5, 0.6) is 0 Å². The zero-order valence-electron chi connectivity index (χ0n) is 22.5. The maximum Gasteiger partial charge on any atom is 2.00 e. The molecule has 0 aliphatic heterocycles. The maximum atomic E-state index is 3.30. The standard InChI is InChI=1S/C13H9.C9H7.C8H11Si.C5H5.2ClH.Fe.Zr/c1-3-7-12-10(5-1)9-11-6-2-4-8-13(11)12;1-2-5-9-7-3-6-8(9)4-1;1-9-7-6-8-4-2-3-5-8;1-2-4-5-3-1;;;;/h1-5,7-8H,9H2;1-7H;2-5H,6-7H2,1H3;1-5H;2*1H;;/q4*-1;;;2*+2/p-2. The van der Waals surface area contributed by atoms with Crippen LogP contribution in [0.1, 0.15) is 16.7 Å². The van der Waals surface area contributed by atoms with E-state index in [2.05, 4.69) is 116 Å². The molecule has 0 heterocycles. The second-order valence-corrected chi connectivity index (χ2v) is 17.4. The quantitative estimate of drug-likeness (QED) is 0.197. The molecule has 0 aromatic heterocycles. The summed E-state index contributed by atoms with van der Waals surface area (Å²) in [6.07, 6.45) is 2.36. The molecule has 0 nitrogen and oxygen atoms in total. The summed E-state index contributed by atoms with van der Waals surface area (Å²) in [7, 11) is 0. The number of halogens is 2. The number of hydrogen-bond donors (Lipinski definition) is 0. The van der Waals surface area contributed by atoms with Crippen LogP contribution in [0.15, 0.2) is 140 Å². The molecular formula is C35H32Cl2FeSiZr-2. The van der Waals surface area contributed by atoms with Gasteiger partial charge in [0.1, 0.15) is 0 Å². The fraction of sp³-hybridized carbons (Fsp3) is 0.114. The Balaban J connectivity index is 0.000000271. The maximum absolute atomic E-state index is 3.30. The van der Waals surface area contributed by atoms with Gasteiger partial charge in [0.25, 0.3) is 0 Å². The molecule has 5 heteroatoms. The van der Waals surface area contributed by atoms with E-state index in [1.165, 1.54) is 51.1 Å². The monoisotopic (exact) mass is 696 g/mol. The predicted octanol–water partition coefficient (Wildman–Crippen LogP) is 3.14. The van der Waals surface area contributed by atoms with E-state index in [0.29, 0.717) is 0 Å². The smallest absolute Gasteiger partial charge is 1.00 e. The van der Waals surface area contributed by atoms with Crippen LogP contribution >= 0.6 is 0 Å². The van der Waals surface area contributed by atoms with Crippen molar-refractivity contribution in [1.82, 2.24) is 0 Å². The van der Waals surface area contributed by atoms with Crippen molar-refractivity contribution in [2.45, 2.75) is 25.4 Å². The summed E-state index contributed by atoms with van der Waals surface area (Å²) in [6, 6.07) is 52.9.